The molecule has 39 heavy (non-hydrogen) atoms. The lowest BCUT2D eigenvalue weighted by Gasteiger charge is -2.45. The lowest BCUT2D eigenvalue weighted by Crippen LogP contribution is -2.44. The fourth-order valence-electron chi connectivity index (χ4n) is 5.96. The van der Waals surface area contributed by atoms with Gasteiger partial charge in [-0.2, -0.15) is 5.26 Å². The minimum absolute atomic E-state index is 0.0428. The molecular weight excluding hydrogens is 496 g/mol. The second-order valence-electron chi connectivity index (χ2n) is 14.3. The van der Waals surface area contributed by atoms with Crippen molar-refractivity contribution in [3.63, 3.8) is 0 Å². The molecule has 0 aliphatic heterocycles. The smallest absolute Gasteiger partial charge is 0.192 e. The standard InChI is InChI=1S/C34H48N2O2Si/c1-22(2)31-30(32(37)25-16-14-23(15-17-25)18-19-35)28(24-12-10-11-13-24)29-26(36-31)20-34(6,7)21-27(29)38-39(8,9)33(3,4)5/h12,14-17,22,27,32,37H,10-11,13,18,20-21H2,1-9H3/t27?,32-/m1/s1. The third-order valence-electron chi connectivity index (χ3n) is 9.09. The van der Waals surface area contributed by atoms with Crippen LogP contribution in [-0.2, 0) is 17.3 Å². The van der Waals surface area contributed by atoms with Gasteiger partial charge in [0.1, 0.15) is 6.10 Å². The summed E-state index contributed by atoms with van der Waals surface area (Å²) in [7, 11) is -2.08. The van der Waals surface area contributed by atoms with Crippen LogP contribution in [0, 0.1) is 16.7 Å². The van der Waals surface area contributed by atoms with Crippen LogP contribution in [0.15, 0.2) is 30.3 Å². The average molecular weight is 545 g/mol. The predicted molar refractivity (Wildman–Crippen MR) is 163 cm³/mol. The number of nitrogens with zero attached hydrogens (tertiary/aromatic N) is 2. The first-order chi connectivity index (χ1) is 18.1. The van der Waals surface area contributed by atoms with E-state index in [1.807, 2.05) is 24.3 Å². The minimum atomic E-state index is -2.08. The molecule has 2 atom stereocenters. The van der Waals surface area contributed by atoms with Crippen molar-refractivity contribution in [1.29, 1.82) is 5.26 Å². The van der Waals surface area contributed by atoms with Crippen LogP contribution in [0.3, 0.4) is 0 Å². The van der Waals surface area contributed by atoms with Crippen LogP contribution >= 0.6 is 0 Å². The van der Waals surface area contributed by atoms with E-state index in [0.29, 0.717) is 6.42 Å². The van der Waals surface area contributed by atoms with Crippen LogP contribution in [-0.4, -0.2) is 18.4 Å². The Morgan fingerprint density at radius 1 is 1.18 bits per heavy atom. The number of hydrogen-bond donors (Lipinski definition) is 1. The molecule has 4 rings (SSSR count). The molecular formula is C34H48N2O2Si. The highest BCUT2D eigenvalue weighted by atomic mass is 28.4. The van der Waals surface area contributed by atoms with Crippen molar-refractivity contribution in [3.8, 4) is 6.07 Å². The molecule has 1 N–H and O–H groups in total. The molecule has 0 saturated carbocycles. The Morgan fingerprint density at radius 3 is 2.38 bits per heavy atom. The topological polar surface area (TPSA) is 66.1 Å². The summed E-state index contributed by atoms with van der Waals surface area (Å²) in [5.41, 5.74) is 8.77. The van der Waals surface area contributed by atoms with Crippen molar-refractivity contribution in [2.45, 2.75) is 123 Å². The summed E-state index contributed by atoms with van der Waals surface area (Å²) in [5.74, 6) is 0.170. The maximum Gasteiger partial charge on any atom is 0.192 e. The van der Waals surface area contributed by atoms with E-state index >= 15 is 0 Å². The van der Waals surface area contributed by atoms with Crippen molar-refractivity contribution >= 4 is 13.9 Å². The lowest BCUT2D eigenvalue weighted by molar-refractivity contribution is 0.105. The summed E-state index contributed by atoms with van der Waals surface area (Å²) >= 11 is 0. The van der Waals surface area contributed by atoms with Crippen molar-refractivity contribution in [2.24, 2.45) is 5.41 Å². The molecule has 0 bridgehead atoms. The van der Waals surface area contributed by atoms with Crippen molar-refractivity contribution < 1.29 is 9.53 Å². The Kier molecular flexibility index (Phi) is 8.35. The largest absolute Gasteiger partial charge is 0.410 e. The molecule has 1 heterocycles. The van der Waals surface area contributed by atoms with Crippen LogP contribution in [0.1, 0.15) is 131 Å². The number of rotatable bonds is 7. The Hall–Kier alpha value is -2.26. The van der Waals surface area contributed by atoms with Gasteiger partial charge < -0.3 is 9.53 Å². The van der Waals surface area contributed by atoms with E-state index in [9.17, 15) is 5.11 Å². The van der Waals surface area contributed by atoms with Crippen molar-refractivity contribution in [3.05, 3.63) is 69.5 Å². The molecule has 0 spiro atoms. The zero-order chi connectivity index (χ0) is 28.8. The van der Waals surface area contributed by atoms with Gasteiger partial charge in [-0.1, -0.05) is 78.8 Å². The molecule has 5 heteroatoms. The van der Waals surface area contributed by atoms with E-state index in [2.05, 4.69) is 73.7 Å². The van der Waals surface area contributed by atoms with Gasteiger partial charge in [0.05, 0.1) is 18.6 Å². The number of nitriles is 1. The average Bonchev–Trinajstić information content (AvgIpc) is 3.36. The van der Waals surface area contributed by atoms with Gasteiger partial charge in [-0.15, -0.1) is 0 Å². The fourth-order valence-corrected chi connectivity index (χ4v) is 7.23. The fraction of sp³-hybridized carbons (Fsp3) is 0.588. The van der Waals surface area contributed by atoms with Gasteiger partial charge in [-0.05, 0) is 83.8 Å². The number of aliphatic hydroxyl groups is 1. The van der Waals surface area contributed by atoms with Gasteiger partial charge in [-0.3, -0.25) is 4.98 Å². The van der Waals surface area contributed by atoms with E-state index in [0.717, 1.165) is 60.2 Å². The van der Waals surface area contributed by atoms with Crippen LogP contribution in [0.25, 0.3) is 5.57 Å². The Balaban J connectivity index is 1.98. The van der Waals surface area contributed by atoms with E-state index in [1.54, 1.807) is 0 Å². The van der Waals surface area contributed by atoms with E-state index in [4.69, 9.17) is 14.7 Å². The van der Waals surface area contributed by atoms with Crippen LogP contribution < -0.4 is 0 Å². The molecule has 1 unspecified atom stereocenters. The second-order valence-corrected chi connectivity index (χ2v) is 19.1. The minimum Gasteiger partial charge on any atom is -0.410 e. The maximum absolute atomic E-state index is 12.1. The molecule has 0 saturated heterocycles. The first-order valence-electron chi connectivity index (χ1n) is 14.7. The monoisotopic (exact) mass is 544 g/mol. The normalized spacial score (nSPS) is 19.9. The highest BCUT2D eigenvalue weighted by Gasteiger charge is 2.45. The Morgan fingerprint density at radius 2 is 1.85 bits per heavy atom. The zero-order valence-corrected chi connectivity index (χ0v) is 26.6. The third-order valence-corrected chi connectivity index (χ3v) is 13.6. The first-order valence-corrected chi connectivity index (χ1v) is 17.6. The molecule has 2 aliphatic carbocycles. The van der Waals surface area contributed by atoms with Gasteiger partial charge in [-0.25, -0.2) is 0 Å². The zero-order valence-electron chi connectivity index (χ0n) is 25.6. The van der Waals surface area contributed by atoms with E-state index in [-0.39, 0.29) is 22.5 Å². The van der Waals surface area contributed by atoms with Gasteiger partial charge in [0, 0.05) is 22.5 Å². The number of benzene rings is 1. The highest BCUT2D eigenvalue weighted by Crippen LogP contribution is 2.52. The lowest BCUT2D eigenvalue weighted by atomic mass is 9.71. The SMILES string of the molecule is CC(C)c1nc2c(c(C3=CCCC3)c1[C@H](O)c1ccc(CC#N)cc1)C(O[Si](C)(C)C(C)(C)C)CC(C)(C)C2. The number of pyridine rings is 1. The van der Waals surface area contributed by atoms with Crippen molar-refractivity contribution in [1.82, 2.24) is 4.98 Å². The summed E-state index contributed by atoms with van der Waals surface area (Å²) in [6.45, 7) is 20.7. The summed E-state index contributed by atoms with van der Waals surface area (Å²) in [6, 6.07) is 10.1. The van der Waals surface area contributed by atoms with Gasteiger partial charge in [0.25, 0.3) is 0 Å². The molecule has 0 radical (unpaired) electrons. The van der Waals surface area contributed by atoms with Crippen LogP contribution in [0.5, 0.6) is 0 Å². The third kappa shape index (κ3) is 6.09. The number of allylic oxidation sites excluding steroid dienone is 2. The summed E-state index contributed by atoms with van der Waals surface area (Å²) < 4.78 is 7.25. The summed E-state index contributed by atoms with van der Waals surface area (Å²) in [6.07, 6.45) is 7.01. The highest BCUT2D eigenvalue weighted by molar-refractivity contribution is 6.74. The molecule has 2 aliphatic rings. The Bertz CT molecular complexity index is 1280. The van der Waals surface area contributed by atoms with Crippen molar-refractivity contribution in [2.75, 3.05) is 0 Å². The van der Waals surface area contributed by atoms with E-state index in [1.165, 1.54) is 16.7 Å². The van der Waals surface area contributed by atoms with Crippen LogP contribution in [0.2, 0.25) is 18.1 Å². The molecule has 1 aromatic carbocycles. The molecule has 2 aromatic rings. The van der Waals surface area contributed by atoms with Gasteiger partial charge in [0.15, 0.2) is 8.32 Å². The number of hydrogen-bond acceptors (Lipinski definition) is 4. The van der Waals surface area contributed by atoms with E-state index < -0.39 is 14.4 Å². The molecule has 0 amide bonds. The molecule has 1 aromatic heterocycles. The molecule has 4 nitrogen and oxygen atoms in total. The molecule has 210 valence electrons. The number of aromatic nitrogens is 1. The number of aliphatic hydroxyl groups excluding tert-OH is 1. The predicted octanol–water partition coefficient (Wildman–Crippen LogP) is 8.96. The number of fused-ring (bicyclic) bond motifs is 1. The maximum atomic E-state index is 12.1. The van der Waals surface area contributed by atoms with Gasteiger partial charge in [0.2, 0.25) is 0 Å². The quantitative estimate of drug-likeness (QED) is 0.353. The summed E-state index contributed by atoms with van der Waals surface area (Å²) in [5, 5.41) is 21.3. The van der Waals surface area contributed by atoms with Crippen LogP contribution in [0.4, 0.5) is 0 Å². The van der Waals surface area contributed by atoms with Gasteiger partial charge >= 0.3 is 0 Å². The summed E-state index contributed by atoms with van der Waals surface area (Å²) in [4.78, 5) is 5.38. The Labute approximate surface area is 237 Å². The second kappa shape index (κ2) is 11.0. The molecule has 0 fully saturated rings. The first kappa shape index (κ1) is 29.7.